The lowest BCUT2D eigenvalue weighted by Gasteiger charge is -2.25. The topological polar surface area (TPSA) is 66.0 Å². The van der Waals surface area contributed by atoms with E-state index in [4.69, 9.17) is 18.9 Å². The van der Waals surface area contributed by atoms with Crippen LogP contribution in [0.25, 0.3) is 0 Å². The van der Waals surface area contributed by atoms with Gasteiger partial charge in [-0.1, -0.05) is 32.0 Å². The molecule has 1 heterocycles. The fraction of sp³-hybridized carbons (Fsp3) is 0.409. The van der Waals surface area contributed by atoms with Crippen molar-refractivity contribution in [1.82, 2.24) is 5.32 Å². The molecule has 0 spiro atoms. The summed E-state index contributed by atoms with van der Waals surface area (Å²) in [4.78, 5) is 12.5. The van der Waals surface area contributed by atoms with E-state index in [0.29, 0.717) is 37.1 Å². The predicted octanol–water partition coefficient (Wildman–Crippen LogP) is 3.75. The minimum Gasteiger partial charge on any atom is -0.490 e. The average molecular weight is 385 g/mol. The van der Waals surface area contributed by atoms with Crippen molar-refractivity contribution >= 4 is 5.91 Å². The number of nitrogens with one attached hydrogen (secondary N) is 1. The van der Waals surface area contributed by atoms with Crippen LogP contribution in [0.4, 0.5) is 0 Å². The highest BCUT2D eigenvalue weighted by Crippen LogP contribution is 2.34. The van der Waals surface area contributed by atoms with E-state index in [2.05, 4.69) is 19.2 Å². The summed E-state index contributed by atoms with van der Waals surface area (Å²) in [6.45, 7) is 7.56. The largest absolute Gasteiger partial charge is 0.490 e. The Kier molecular flexibility index (Phi) is 6.63. The van der Waals surface area contributed by atoms with E-state index in [1.807, 2.05) is 43.3 Å². The van der Waals surface area contributed by atoms with E-state index in [1.165, 1.54) is 0 Å². The highest BCUT2D eigenvalue weighted by molar-refractivity contribution is 5.78. The number of hydrogen-bond donors (Lipinski definition) is 1. The molecule has 6 heteroatoms. The first-order valence-corrected chi connectivity index (χ1v) is 9.62. The summed E-state index contributed by atoms with van der Waals surface area (Å²) in [7, 11) is 0. The average Bonchev–Trinajstić information content (AvgIpc) is 2.71. The van der Waals surface area contributed by atoms with Crippen molar-refractivity contribution in [3.63, 3.8) is 0 Å². The molecule has 2 aromatic rings. The number of amides is 1. The third-order valence-electron chi connectivity index (χ3n) is 4.42. The zero-order chi connectivity index (χ0) is 19.9. The molecule has 0 fully saturated rings. The van der Waals surface area contributed by atoms with Crippen LogP contribution in [0.1, 0.15) is 32.4 Å². The number of benzene rings is 2. The molecule has 28 heavy (non-hydrogen) atoms. The quantitative estimate of drug-likeness (QED) is 0.750. The lowest BCUT2D eigenvalue weighted by atomic mass is 9.95. The van der Waals surface area contributed by atoms with Crippen molar-refractivity contribution in [2.75, 3.05) is 26.4 Å². The smallest absolute Gasteiger partial charge is 0.258 e. The van der Waals surface area contributed by atoms with Gasteiger partial charge in [-0.25, -0.2) is 0 Å². The first-order valence-electron chi connectivity index (χ1n) is 9.62. The Labute approximate surface area is 165 Å². The van der Waals surface area contributed by atoms with E-state index in [-0.39, 0.29) is 24.5 Å². The summed E-state index contributed by atoms with van der Waals surface area (Å²) in [5.74, 6) is 2.64. The predicted molar refractivity (Wildman–Crippen MR) is 106 cm³/mol. The molecule has 6 nitrogen and oxygen atoms in total. The summed E-state index contributed by atoms with van der Waals surface area (Å²) in [5.41, 5.74) is 0.974. The van der Waals surface area contributed by atoms with E-state index in [0.717, 1.165) is 11.3 Å². The molecule has 0 aliphatic carbocycles. The highest BCUT2D eigenvalue weighted by atomic mass is 16.6. The van der Waals surface area contributed by atoms with Crippen LogP contribution >= 0.6 is 0 Å². The first-order chi connectivity index (χ1) is 13.6. The second-order valence-corrected chi connectivity index (χ2v) is 6.86. The molecule has 0 saturated carbocycles. The zero-order valence-electron chi connectivity index (χ0n) is 16.6. The number of rotatable bonds is 8. The fourth-order valence-corrected chi connectivity index (χ4v) is 3.09. The van der Waals surface area contributed by atoms with Gasteiger partial charge < -0.3 is 24.3 Å². The molecular formula is C22H27NO5. The van der Waals surface area contributed by atoms with Crippen LogP contribution in [0.15, 0.2) is 42.5 Å². The van der Waals surface area contributed by atoms with Crippen LogP contribution in [-0.4, -0.2) is 32.3 Å². The van der Waals surface area contributed by atoms with Crippen LogP contribution in [0.3, 0.4) is 0 Å². The number of carbonyl (C=O) groups is 1. The molecule has 1 N–H and O–H groups in total. The van der Waals surface area contributed by atoms with E-state index in [1.54, 1.807) is 6.07 Å². The van der Waals surface area contributed by atoms with Crippen molar-refractivity contribution in [2.24, 2.45) is 5.92 Å². The lowest BCUT2D eigenvalue weighted by Crippen LogP contribution is -2.35. The van der Waals surface area contributed by atoms with Crippen LogP contribution in [0.2, 0.25) is 0 Å². The van der Waals surface area contributed by atoms with Crippen LogP contribution in [-0.2, 0) is 4.79 Å². The highest BCUT2D eigenvalue weighted by Gasteiger charge is 2.22. The number of hydrogen-bond acceptors (Lipinski definition) is 5. The third kappa shape index (κ3) is 4.88. The maximum atomic E-state index is 12.5. The SMILES string of the molecule is CCOc1ccccc1OCC(=O)NC(c1ccc2c(c1)OCCO2)C(C)C. The van der Waals surface area contributed by atoms with Crippen molar-refractivity contribution in [3.05, 3.63) is 48.0 Å². The van der Waals surface area contributed by atoms with Gasteiger partial charge in [0.2, 0.25) is 0 Å². The Morgan fingerprint density at radius 3 is 2.39 bits per heavy atom. The molecule has 2 aromatic carbocycles. The summed E-state index contributed by atoms with van der Waals surface area (Å²) in [6.07, 6.45) is 0. The zero-order valence-corrected chi connectivity index (χ0v) is 16.6. The van der Waals surface area contributed by atoms with Gasteiger partial charge in [0.1, 0.15) is 13.2 Å². The molecule has 1 aliphatic heterocycles. The Morgan fingerprint density at radius 2 is 1.71 bits per heavy atom. The number of para-hydroxylation sites is 2. The van der Waals surface area contributed by atoms with Gasteiger partial charge in [-0.15, -0.1) is 0 Å². The molecule has 1 aliphatic rings. The normalized spacial score (nSPS) is 13.7. The molecular weight excluding hydrogens is 358 g/mol. The molecule has 0 radical (unpaired) electrons. The van der Waals surface area contributed by atoms with E-state index < -0.39 is 0 Å². The molecule has 3 rings (SSSR count). The Morgan fingerprint density at radius 1 is 1.04 bits per heavy atom. The molecule has 1 atom stereocenters. The Bertz CT molecular complexity index is 805. The standard InChI is InChI=1S/C22H27NO5/c1-4-25-17-7-5-6-8-18(17)28-14-21(24)23-22(15(2)3)16-9-10-19-20(13-16)27-12-11-26-19/h5-10,13,15,22H,4,11-12,14H2,1-3H3,(H,23,24). The van der Waals surface area contributed by atoms with Crippen molar-refractivity contribution < 1.29 is 23.7 Å². The Balaban J connectivity index is 1.65. The molecule has 0 aromatic heterocycles. The van der Waals surface area contributed by atoms with E-state index in [9.17, 15) is 4.79 Å². The number of ether oxygens (including phenoxy) is 4. The summed E-state index contributed by atoms with van der Waals surface area (Å²) in [5, 5.41) is 3.06. The maximum absolute atomic E-state index is 12.5. The third-order valence-corrected chi connectivity index (χ3v) is 4.42. The molecule has 0 saturated heterocycles. The monoisotopic (exact) mass is 385 g/mol. The van der Waals surface area contributed by atoms with Crippen molar-refractivity contribution in [1.29, 1.82) is 0 Å². The molecule has 1 unspecified atom stereocenters. The second kappa shape index (κ2) is 9.35. The van der Waals surface area contributed by atoms with Gasteiger partial charge in [0.05, 0.1) is 12.6 Å². The van der Waals surface area contributed by atoms with Gasteiger partial charge in [0, 0.05) is 0 Å². The first kappa shape index (κ1) is 19.9. The summed E-state index contributed by atoms with van der Waals surface area (Å²) < 4.78 is 22.4. The van der Waals surface area contributed by atoms with Gasteiger partial charge in [-0.3, -0.25) is 4.79 Å². The molecule has 0 bridgehead atoms. The second-order valence-electron chi connectivity index (χ2n) is 6.86. The number of carbonyl (C=O) groups excluding carboxylic acids is 1. The van der Waals surface area contributed by atoms with Gasteiger partial charge >= 0.3 is 0 Å². The lowest BCUT2D eigenvalue weighted by molar-refractivity contribution is -0.124. The minimum absolute atomic E-state index is 0.0855. The maximum Gasteiger partial charge on any atom is 0.258 e. The van der Waals surface area contributed by atoms with Crippen molar-refractivity contribution in [2.45, 2.75) is 26.8 Å². The summed E-state index contributed by atoms with van der Waals surface area (Å²) in [6, 6.07) is 13.0. The number of fused-ring (bicyclic) bond motifs is 1. The summed E-state index contributed by atoms with van der Waals surface area (Å²) >= 11 is 0. The Hall–Kier alpha value is -2.89. The van der Waals surface area contributed by atoms with E-state index >= 15 is 0 Å². The van der Waals surface area contributed by atoms with Gasteiger partial charge in [0.25, 0.3) is 5.91 Å². The molecule has 150 valence electrons. The van der Waals surface area contributed by atoms with Crippen LogP contribution in [0.5, 0.6) is 23.0 Å². The van der Waals surface area contributed by atoms with Crippen LogP contribution in [0, 0.1) is 5.92 Å². The van der Waals surface area contributed by atoms with Crippen molar-refractivity contribution in [3.8, 4) is 23.0 Å². The van der Waals surface area contributed by atoms with Gasteiger partial charge in [0.15, 0.2) is 29.6 Å². The van der Waals surface area contributed by atoms with Gasteiger partial charge in [-0.2, -0.15) is 0 Å². The van der Waals surface area contributed by atoms with Crippen LogP contribution < -0.4 is 24.3 Å². The molecule has 1 amide bonds. The fourth-order valence-electron chi connectivity index (χ4n) is 3.09. The van der Waals surface area contributed by atoms with Gasteiger partial charge in [-0.05, 0) is 42.7 Å². The minimum atomic E-state index is -0.195.